The Labute approximate surface area is 108 Å². The Hall–Kier alpha value is -1.46. The summed E-state index contributed by atoms with van der Waals surface area (Å²) in [7, 11) is 0. The molecular weight excluding hydrogens is 257 g/mol. The molecule has 0 radical (unpaired) electrons. The molecule has 1 saturated carbocycles. The monoisotopic (exact) mass is 267 g/mol. The molecule has 6 heteroatoms. The summed E-state index contributed by atoms with van der Waals surface area (Å²) in [5.41, 5.74) is 0.229. The van der Waals surface area contributed by atoms with Crippen molar-refractivity contribution in [1.29, 1.82) is 0 Å². The average molecular weight is 268 g/mol. The van der Waals surface area contributed by atoms with Crippen LogP contribution in [0.1, 0.15) is 18.7 Å². The summed E-state index contributed by atoms with van der Waals surface area (Å²) >= 11 is 5.70. The van der Waals surface area contributed by atoms with Crippen molar-refractivity contribution >= 4 is 11.6 Å². The fourth-order valence-electron chi connectivity index (χ4n) is 1.62. The molecule has 2 aromatic rings. The molecule has 0 amide bonds. The van der Waals surface area contributed by atoms with E-state index in [2.05, 4.69) is 15.5 Å². The van der Waals surface area contributed by atoms with Crippen molar-refractivity contribution in [2.75, 3.05) is 0 Å². The smallest absolute Gasteiger partial charge is 0.250 e. The summed E-state index contributed by atoms with van der Waals surface area (Å²) in [6, 6.07) is 5.25. The maximum atomic E-state index is 13.7. The van der Waals surface area contributed by atoms with Crippen molar-refractivity contribution < 1.29 is 8.81 Å². The van der Waals surface area contributed by atoms with E-state index < -0.39 is 5.82 Å². The highest BCUT2D eigenvalue weighted by atomic mass is 35.5. The maximum Gasteiger partial charge on any atom is 0.250 e. The van der Waals surface area contributed by atoms with Crippen LogP contribution in [0, 0.1) is 5.82 Å². The van der Waals surface area contributed by atoms with Crippen LogP contribution >= 0.6 is 11.6 Å². The van der Waals surface area contributed by atoms with Crippen LogP contribution in [0.2, 0.25) is 5.02 Å². The largest absolute Gasteiger partial charge is 0.419 e. The Bertz CT molecular complexity index is 568. The van der Waals surface area contributed by atoms with Gasteiger partial charge >= 0.3 is 0 Å². The minimum atomic E-state index is -0.537. The van der Waals surface area contributed by atoms with E-state index in [1.807, 2.05) is 0 Å². The molecule has 0 saturated heterocycles. The van der Waals surface area contributed by atoms with Gasteiger partial charge in [-0.25, -0.2) is 4.39 Å². The number of hydrogen-bond acceptors (Lipinski definition) is 4. The number of hydrogen-bond donors (Lipinski definition) is 1. The Morgan fingerprint density at radius 3 is 3.00 bits per heavy atom. The quantitative estimate of drug-likeness (QED) is 0.925. The SMILES string of the molecule is Fc1c(Cl)cccc1-c1nnc(CNC2CC2)o1. The van der Waals surface area contributed by atoms with Gasteiger partial charge in [0.05, 0.1) is 17.1 Å². The van der Waals surface area contributed by atoms with Gasteiger partial charge in [0.15, 0.2) is 5.82 Å². The van der Waals surface area contributed by atoms with Gasteiger partial charge in [-0.05, 0) is 25.0 Å². The van der Waals surface area contributed by atoms with Crippen molar-refractivity contribution in [3.05, 3.63) is 34.9 Å². The number of nitrogens with zero attached hydrogens (tertiary/aromatic N) is 2. The fraction of sp³-hybridized carbons (Fsp3) is 0.333. The fourth-order valence-corrected chi connectivity index (χ4v) is 1.80. The zero-order chi connectivity index (χ0) is 12.5. The summed E-state index contributed by atoms with van der Waals surface area (Å²) < 4.78 is 19.1. The van der Waals surface area contributed by atoms with Crippen molar-refractivity contribution in [3.63, 3.8) is 0 Å². The minimum Gasteiger partial charge on any atom is -0.419 e. The van der Waals surface area contributed by atoms with Crippen molar-refractivity contribution in [3.8, 4) is 11.5 Å². The topological polar surface area (TPSA) is 51.0 Å². The average Bonchev–Trinajstić information content (AvgIpc) is 3.08. The molecule has 0 spiro atoms. The lowest BCUT2D eigenvalue weighted by molar-refractivity contribution is 0.474. The summed E-state index contributed by atoms with van der Waals surface area (Å²) in [4.78, 5) is 0. The highest BCUT2D eigenvalue weighted by molar-refractivity contribution is 6.31. The first-order chi connectivity index (χ1) is 8.74. The third kappa shape index (κ3) is 2.37. The van der Waals surface area contributed by atoms with Gasteiger partial charge in [-0.2, -0.15) is 0 Å². The standard InChI is InChI=1S/C12H11ClFN3O/c13-9-3-1-2-8(11(9)14)12-17-16-10(18-12)6-15-7-4-5-7/h1-3,7,15H,4-6H2. The van der Waals surface area contributed by atoms with Crippen LogP contribution in [0.15, 0.2) is 22.6 Å². The van der Waals surface area contributed by atoms with Crippen LogP contribution < -0.4 is 5.32 Å². The van der Waals surface area contributed by atoms with Crippen molar-refractivity contribution in [1.82, 2.24) is 15.5 Å². The van der Waals surface area contributed by atoms with Gasteiger partial charge in [0, 0.05) is 6.04 Å². The van der Waals surface area contributed by atoms with E-state index in [0.717, 1.165) is 0 Å². The van der Waals surface area contributed by atoms with Gasteiger partial charge in [-0.3, -0.25) is 0 Å². The number of nitrogens with one attached hydrogen (secondary N) is 1. The highest BCUT2D eigenvalue weighted by Gasteiger charge is 2.21. The van der Waals surface area contributed by atoms with Crippen molar-refractivity contribution in [2.24, 2.45) is 0 Å². The molecule has 1 heterocycles. The molecular formula is C12H11ClFN3O. The lowest BCUT2D eigenvalue weighted by Crippen LogP contribution is -2.15. The number of rotatable bonds is 4. The minimum absolute atomic E-state index is 0.0448. The van der Waals surface area contributed by atoms with E-state index in [1.165, 1.54) is 18.9 Å². The number of benzene rings is 1. The molecule has 0 unspecified atom stereocenters. The number of aromatic nitrogens is 2. The van der Waals surface area contributed by atoms with Crippen molar-refractivity contribution in [2.45, 2.75) is 25.4 Å². The van der Waals surface area contributed by atoms with E-state index in [9.17, 15) is 4.39 Å². The van der Waals surface area contributed by atoms with Crippen LogP contribution in [0.5, 0.6) is 0 Å². The van der Waals surface area contributed by atoms with Crippen LogP contribution in [0.4, 0.5) is 4.39 Å². The third-order valence-corrected chi connectivity index (χ3v) is 3.06. The Kier molecular flexibility index (Phi) is 3.01. The van der Waals surface area contributed by atoms with Crippen LogP contribution in [-0.4, -0.2) is 16.2 Å². The normalized spacial score (nSPS) is 15.0. The molecule has 1 aromatic carbocycles. The second kappa shape index (κ2) is 4.66. The molecule has 18 heavy (non-hydrogen) atoms. The maximum absolute atomic E-state index is 13.7. The molecule has 1 aliphatic rings. The first kappa shape index (κ1) is 11.6. The van der Waals surface area contributed by atoms with E-state index >= 15 is 0 Å². The molecule has 4 nitrogen and oxygen atoms in total. The van der Waals surface area contributed by atoms with E-state index in [4.69, 9.17) is 16.0 Å². The van der Waals surface area contributed by atoms with Gasteiger partial charge in [-0.15, -0.1) is 10.2 Å². The van der Waals surface area contributed by atoms with Gasteiger partial charge in [0.2, 0.25) is 5.89 Å². The van der Waals surface area contributed by atoms with Gasteiger partial charge in [0.25, 0.3) is 5.89 Å². The first-order valence-corrected chi connectivity index (χ1v) is 6.12. The zero-order valence-electron chi connectivity index (χ0n) is 9.49. The van der Waals surface area contributed by atoms with E-state index in [-0.39, 0.29) is 16.5 Å². The Morgan fingerprint density at radius 2 is 2.22 bits per heavy atom. The first-order valence-electron chi connectivity index (χ1n) is 5.74. The second-order valence-corrected chi connectivity index (χ2v) is 4.66. The summed E-state index contributed by atoms with van der Waals surface area (Å²) in [6.45, 7) is 0.514. The predicted octanol–water partition coefficient (Wildman–Crippen LogP) is 2.78. The molecule has 1 aliphatic carbocycles. The molecule has 0 atom stereocenters. The van der Waals surface area contributed by atoms with Crippen LogP contribution in [-0.2, 0) is 6.54 Å². The second-order valence-electron chi connectivity index (χ2n) is 4.26. The summed E-state index contributed by atoms with van der Waals surface area (Å²) in [5, 5.41) is 11.0. The van der Waals surface area contributed by atoms with Crippen LogP contribution in [0.3, 0.4) is 0 Å². The molecule has 1 fully saturated rings. The van der Waals surface area contributed by atoms with Gasteiger partial charge in [-0.1, -0.05) is 17.7 Å². The molecule has 0 bridgehead atoms. The molecule has 1 N–H and O–H groups in total. The summed E-state index contributed by atoms with van der Waals surface area (Å²) in [6.07, 6.45) is 2.37. The lowest BCUT2D eigenvalue weighted by atomic mass is 10.2. The molecule has 0 aliphatic heterocycles. The Morgan fingerprint density at radius 1 is 1.39 bits per heavy atom. The van der Waals surface area contributed by atoms with E-state index in [1.54, 1.807) is 12.1 Å². The van der Waals surface area contributed by atoms with Crippen LogP contribution in [0.25, 0.3) is 11.5 Å². The number of halogens is 2. The molecule has 1 aromatic heterocycles. The molecule has 3 rings (SSSR count). The predicted molar refractivity (Wildman–Crippen MR) is 64.6 cm³/mol. The Balaban J connectivity index is 1.80. The highest BCUT2D eigenvalue weighted by Crippen LogP contribution is 2.26. The van der Waals surface area contributed by atoms with Gasteiger partial charge < -0.3 is 9.73 Å². The molecule has 94 valence electrons. The summed E-state index contributed by atoms with van der Waals surface area (Å²) in [5.74, 6) is 0.0726. The zero-order valence-corrected chi connectivity index (χ0v) is 10.2. The van der Waals surface area contributed by atoms with Gasteiger partial charge in [0.1, 0.15) is 0 Å². The lowest BCUT2D eigenvalue weighted by Gasteiger charge is -1.99. The third-order valence-electron chi connectivity index (χ3n) is 2.77. The van der Waals surface area contributed by atoms with E-state index in [0.29, 0.717) is 18.5 Å².